The van der Waals surface area contributed by atoms with Crippen molar-refractivity contribution >= 4 is 17.2 Å². The molecule has 2 unspecified atom stereocenters. The second-order valence-electron chi connectivity index (χ2n) is 6.08. The fourth-order valence-corrected chi connectivity index (χ4v) is 4.30. The van der Waals surface area contributed by atoms with Crippen molar-refractivity contribution in [3.8, 4) is 0 Å². The van der Waals surface area contributed by atoms with Crippen molar-refractivity contribution in [1.29, 1.82) is 0 Å². The summed E-state index contributed by atoms with van der Waals surface area (Å²) in [7, 11) is 0. The Morgan fingerprint density at radius 1 is 1.48 bits per heavy atom. The molecule has 4 heteroatoms. The van der Waals surface area contributed by atoms with Gasteiger partial charge in [0.2, 0.25) is 5.91 Å². The topological polar surface area (TPSA) is 55.1 Å². The fraction of sp³-hybridized carbons (Fsp3) is 0.706. The summed E-state index contributed by atoms with van der Waals surface area (Å²) in [4.78, 5) is 13.7. The Hall–Kier alpha value is -0.870. The molecule has 1 amide bonds. The SMILES string of the molecule is CCCC(CCN)CCC(=O)NC1CCCc2sccc21. The molecule has 2 rings (SSSR count). The normalized spacial score (nSPS) is 19.0. The molecule has 0 spiro atoms. The zero-order valence-corrected chi connectivity index (χ0v) is 13.9. The van der Waals surface area contributed by atoms with Crippen LogP contribution in [0.1, 0.15) is 68.4 Å². The second-order valence-corrected chi connectivity index (χ2v) is 7.08. The summed E-state index contributed by atoms with van der Waals surface area (Å²) in [6.45, 7) is 2.93. The van der Waals surface area contributed by atoms with Crippen LogP contribution >= 0.6 is 11.3 Å². The van der Waals surface area contributed by atoms with Crippen LogP contribution in [-0.4, -0.2) is 12.5 Å². The van der Waals surface area contributed by atoms with Gasteiger partial charge in [-0.3, -0.25) is 4.79 Å². The minimum Gasteiger partial charge on any atom is -0.349 e. The highest BCUT2D eigenvalue weighted by molar-refractivity contribution is 7.10. The van der Waals surface area contributed by atoms with Crippen LogP contribution in [0.25, 0.3) is 0 Å². The average molecular weight is 308 g/mol. The molecule has 118 valence electrons. The van der Waals surface area contributed by atoms with Crippen LogP contribution in [0.3, 0.4) is 0 Å². The number of hydrogen-bond acceptors (Lipinski definition) is 3. The summed E-state index contributed by atoms with van der Waals surface area (Å²) >= 11 is 1.82. The van der Waals surface area contributed by atoms with E-state index in [4.69, 9.17) is 5.73 Å². The van der Waals surface area contributed by atoms with E-state index in [0.29, 0.717) is 12.3 Å². The number of amides is 1. The van der Waals surface area contributed by atoms with Gasteiger partial charge in [0.05, 0.1) is 6.04 Å². The smallest absolute Gasteiger partial charge is 0.220 e. The van der Waals surface area contributed by atoms with Gasteiger partial charge in [0, 0.05) is 11.3 Å². The Labute approximate surface area is 132 Å². The highest BCUT2D eigenvalue weighted by Crippen LogP contribution is 2.33. The van der Waals surface area contributed by atoms with Crippen molar-refractivity contribution < 1.29 is 4.79 Å². The van der Waals surface area contributed by atoms with Gasteiger partial charge in [0.1, 0.15) is 0 Å². The highest BCUT2D eigenvalue weighted by atomic mass is 32.1. The lowest BCUT2D eigenvalue weighted by molar-refractivity contribution is -0.122. The van der Waals surface area contributed by atoms with E-state index in [-0.39, 0.29) is 11.9 Å². The zero-order chi connectivity index (χ0) is 15.1. The third-order valence-electron chi connectivity index (χ3n) is 4.44. The Balaban J connectivity index is 1.80. The predicted octanol–water partition coefficient (Wildman–Crippen LogP) is 3.79. The van der Waals surface area contributed by atoms with Crippen molar-refractivity contribution in [3.05, 3.63) is 21.9 Å². The Kier molecular flexibility index (Phi) is 6.71. The lowest BCUT2D eigenvalue weighted by atomic mass is 9.92. The molecule has 0 fully saturated rings. The monoisotopic (exact) mass is 308 g/mol. The molecule has 1 heterocycles. The quantitative estimate of drug-likeness (QED) is 0.767. The average Bonchev–Trinajstić information content (AvgIpc) is 2.95. The van der Waals surface area contributed by atoms with Gasteiger partial charge in [-0.1, -0.05) is 19.8 Å². The maximum absolute atomic E-state index is 12.2. The van der Waals surface area contributed by atoms with Crippen LogP contribution in [-0.2, 0) is 11.2 Å². The van der Waals surface area contributed by atoms with Gasteiger partial charge in [-0.25, -0.2) is 0 Å². The van der Waals surface area contributed by atoms with E-state index in [1.54, 1.807) is 0 Å². The molecule has 21 heavy (non-hydrogen) atoms. The maximum atomic E-state index is 12.2. The van der Waals surface area contributed by atoms with Crippen molar-refractivity contribution in [1.82, 2.24) is 5.32 Å². The summed E-state index contributed by atoms with van der Waals surface area (Å²) in [6, 6.07) is 2.42. The minimum atomic E-state index is 0.206. The molecule has 0 aromatic carbocycles. The summed E-state index contributed by atoms with van der Waals surface area (Å²) in [5.74, 6) is 0.811. The van der Waals surface area contributed by atoms with Crippen LogP contribution in [0.5, 0.6) is 0 Å². The number of fused-ring (bicyclic) bond motifs is 1. The molecular formula is C17H28N2OS. The van der Waals surface area contributed by atoms with Gasteiger partial charge < -0.3 is 11.1 Å². The number of nitrogens with two attached hydrogens (primary N) is 1. The van der Waals surface area contributed by atoms with Gasteiger partial charge in [0.25, 0.3) is 0 Å². The largest absolute Gasteiger partial charge is 0.349 e. The minimum absolute atomic E-state index is 0.206. The van der Waals surface area contributed by atoms with E-state index >= 15 is 0 Å². The first-order chi connectivity index (χ1) is 10.2. The van der Waals surface area contributed by atoms with E-state index in [1.807, 2.05) is 11.3 Å². The highest BCUT2D eigenvalue weighted by Gasteiger charge is 2.22. The lowest BCUT2D eigenvalue weighted by Crippen LogP contribution is -2.30. The van der Waals surface area contributed by atoms with E-state index in [1.165, 1.54) is 36.1 Å². The summed E-state index contributed by atoms with van der Waals surface area (Å²) in [5, 5.41) is 5.38. The Bertz CT molecular complexity index is 438. The molecule has 0 saturated heterocycles. The van der Waals surface area contributed by atoms with Gasteiger partial charge in [-0.05, 0) is 61.6 Å². The summed E-state index contributed by atoms with van der Waals surface area (Å²) < 4.78 is 0. The fourth-order valence-electron chi connectivity index (χ4n) is 3.32. The Morgan fingerprint density at radius 3 is 3.10 bits per heavy atom. The predicted molar refractivity (Wildman–Crippen MR) is 89.4 cm³/mol. The Morgan fingerprint density at radius 2 is 2.33 bits per heavy atom. The number of nitrogens with one attached hydrogen (secondary N) is 1. The van der Waals surface area contributed by atoms with Crippen molar-refractivity contribution in [3.63, 3.8) is 0 Å². The molecule has 0 bridgehead atoms. The van der Waals surface area contributed by atoms with Crippen LogP contribution in [0.15, 0.2) is 11.4 Å². The number of thiophene rings is 1. The van der Waals surface area contributed by atoms with Crippen molar-refractivity contribution in [2.45, 2.75) is 64.3 Å². The number of hydrogen-bond donors (Lipinski definition) is 2. The van der Waals surface area contributed by atoms with Crippen LogP contribution in [0, 0.1) is 5.92 Å². The molecule has 0 aliphatic heterocycles. The van der Waals surface area contributed by atoms with Gasteiger partial charge in [0.15, 0.2) is 0 Å². The van der Waals surface area contributed by atoms with Gasteiger partial charge in [-0.2, -0.15) is 0 Å². The molecule has 2 atom stereocenters. The first-order valence-electron chi connectivity index (χ1n) is 8.30. The van der Waals surface area contributed by atoms with Crippen LogP contribution in [0.2, 0.25) is 0 Å². The molecule has 3 N–H and O–H groups in total. The number of carbonyl (C=O) groups excluding carboxylic acids is 1. The van der Waals surface area contributed by atoms with Crippen LogP contribution < -0.4 is 11.1 Å². The third kappa shape index (κ3) is 4.82. The number of carbonyl (C=O) groups is 1. The van der Waals surface area contributed by atoms with E-state index in [0.717, 1.165) is 25.8 Å². The second kappa shape index (κ2) is 8.54. The summed E-state index contributed by atoms with van der Waals surface area (Å²) in [6.07, 6.45) is 8.45. The molecule has 1 aliphatic carbocycles. The van der Waals surface area contributed by atoms with E-state index in [2.05, 4.69) is 23.7 Å². The van der Waals surface area contributed by atoms with Crippen molar-refractivity contribution in [2.24, 2.45) is 11.7 Å². The van der Waals surface area contributed by atoms with E-state index < -0.39 is 0 Å². The molecule has 1 aromatic rings. The van der Waals surface area contributed by atoms with Crippen LogP contribution in [0.4, 0.5) is 0 Å². The maximum Gasteiger partial charge on any atom is 0.220 e. The molecule has 3 nitrogen and oxygen atoms in total. The third-order valence-corrected chi connectivity index (χ3v) is 5.44. The first-order valence-corrected chi connectivity index (χ1v) is 9.18. The number of aryl methyl sites for hydroxylation is 1. The standard InChI is InChI=1S/C17H28N2OS/c1-2-4-13(9-11-18)7-8-17(20)19-15-5-3-6-16-14(15)10-12-21-16/h10,12-13,15H,2-9,11,18H2,1H3,(H,19,20). The molecule has 1 aliphatic rings. The molecule has 1 aromatic heterocycles. The lowest BCUT2D eigenvalue weighted by Gasteiger charge is -2.24. The first kappa shape index (κ1) is 16.5. The molecule has 0 saturated carbocycles. The molecule has 0 radical (unpaired) electrons. The van der Waals surface area contributed by atoms with Gasteiger partial charge in [-0.15, -0.1) is 11.3 Å². The summed E-state index contributed by atoms with van der Waals surface area (Å²) in [5.41, 5.74) is 7.01. The van der Waals surface area contributed by atoms with E-state index in [9.17, 15) is 4.79 Å². The zero-order valence-electron chi connectivity index (χ0n) is 13.1. The van der Waals surface area contributed by atoms with Crippen molar-refractivity contribution in [2.75, 3.05) is 6.54 Å². The van der Waals surface area contributed by atoms with Gasteiger partial charge >= 0.3 is 0 Å². The number of rotatable bonds is 8. The molecular weight excluding hydrogens is 280 g/mol.